The number of nitrogens with one attached hydrogen (secondary N) is 1. The lowest BCUT2D eigenvalue weighted by molar-refractivity contribution is -0.140. The summed E-state index contributed by atoms with van der Waals surface area (Å²) in [6.07, 6.45) is 0.190. The van der Waals surface area contributed by atoms with Crippen LogP contribution in [0, 0.1) is 0 Å². The van der Waals surface area contributed by atoms with Gasteiger partial charge >= 0.3 is 17.9 Å². The van der Waals surface area contributed by atoms with Gasteiger partial charge in [0.15, 0.2) is 0 Å². The first-order valence-corrected chi connectivity index (χ1v) is 5.74. The molecule has 114 valence electrons. The summed E-state index contributed by atoms with van der Waals surface area (Å²) in [6.45, 7) is 0. The zero-order valence-electron chi connectivity index (χ0n) is 10.9. The van der Waals surface area contributed by atoms with Crippen LogP contribution >= 0.6 is 0 Å². The van der Waals surface area contributed by atoms with Gasteiger partial charge in [-0.25, -0.2) is 9.59 Å². The molecule has 0 saturated heterocycles. The van der Waals surface area contributed by atoms with Gasteiger partial charge in [0.05, 0.1) is 6.20 Å². The number of aliphatic carboxylic acids is 2. The number of amides is 1. The monoisotopic (exact) mass is 299 g/mol. The molecule has 21 heavy (non-hydrogen) atoms. The van der Waals surface area contributed by atoms with E-state index in [4.69, 9.17) is 15.3 Å². The van der Waals surface area contributed by atoms with Gasteiger partial charge in [0.1, 0.15) is 17.3 Å². The lowest BCUT2D eigenvalue weighted by Crippen LogP contribution is -2.42. The largest absolute Gasteiger partial charge is 0.481 e. The molecule has 10 heteroatoms. The molecule has 0 aromatic carbocycles. The highest BCUT2D eigenvalue weighted by molar-refractivity contribution is 6.04. The van der Waals surface area contributed by atoms with Crippen LogP contribution in [-0.2, 0) is 16.6 Å². The van der Waals surface area contributed by atoms with E-state index in [1.54, 1.807) is 0 Å². The molecule has 0 bridgehead atoms. The summed E-state index contributed by atoms with van der Waals surface area (Å²) in [5.41, 5.74) is -0.693. The molecule has 0 aliphatic carbocycles. The molecule has 1 aromatic heterocycles. The van der Waals surface area contributed by atoms with E-state index in [1.807, 2.05) is 0 Å². The minimum Gasteiger partial charge on any atom is -0.481 e. The van der Waals surface area contributed by atoms with Crippen molar-refractivity contribution in [1.29, 1.82) is 0 Å². The van der Waals surface area contributed by atoms with Gasteiger partial charge in [-0.15, -0.1) is 0 Å². The zero-order valence-corrected chi connectivity index (χ0v) is 10.9. The molecule has 4 N–H and O–H groups in total. The summed E-state index contributed by atoms with van der Waals surface area (Å²) in [7, 11) is 1.33. The van der Waals surface area contributed by atoms with Crippen LogP contribution in [0.1, 0.15) is 33.7 Å². The Hall–Kier alpha value is -2.91. The molecular formula is C11H13N3O7. The topological polar surface area (TPSA) is 159 Å². The van der Waals surface area contributed by atoms with Crippen molar-refractivity contribution in [3.05, 3.63) is 17.5 Å². The third-order valence-corrected chi connectivity index (χ3v) is 2.63. The number of aromatic nitrogens is 2. The number of carboxylic acid groups (broad SMARTS) is 3. The summed E-state index contributed by atoms with van der Waals surface area (Å²) >= 11 is 0. The summed E-state index contributed by atoms with van der Waals surface area (Å²) in [5, 5.41) is 32.1. The maximum absolute atomic E-state index is 12.0. The average Bonchev–Trinajstić information content (AvgIpc) is 2.75. The Bertz CT molecular complexity index is 593. The summed E-state index contributed by atoms with van der Waals surface area (Å²) in [4.78, 5) is 44.3. The van der Waals surface area contributed by atoms with Gasteiger partial charge in [-0.1, -0.05) is 0 Å². The first-order chi connectivity index (χ1) is 9.73. The fraction of sp³-hybridized carbons (Fsp3) is 0.364. The first-order valence-electron chi connectivity index (χ1n) is 5.74. The van der Waals surface area contributed by atoms with E-state index in [2.05, 4.69) is 10.4 Å². The molecule has 0 aliphatic heterocycles. The molecule has 1 heterocycles. The average molecular weight is 299 g/mol. The molecular weight excluding hydrogens is 286 g/mol. The summed E-state index contributed by atoms with van der Waals surface area (Å²) in [5.74, 6) is -4.96. The number of carbonyl (C=O) groups excluding carboxylic acids is 1. The third kappa shape index (κ3) is 4.03. The van der Waals surface area contributed by atoms with E-state index in [9.17, 15) is 19.2 Å². The number of nitrogens with zero attached hydrogens (tertiary/aromatic N) is 2. The smallest absolute Gasteiger partial charge is 0.339 e. The van der Waals surface area contributed by atoms with Crippen molar-refractivity contribution in [2.24, 2.45) is 7.05 Å². The standard InChI is InChI=1S/C11H13N3O7/c1-14-8(5(4-12-14)10(18)19)9(17)13-6(11(20)21)2-3-7(15)16/h4,6H,2-3H2,1H3,(H,13,17)(H,15,16)(H,18,19)(H,20,21)/t6-/m1/s1. The summed E-state index contributed by atoms with van der Waals surface area (Å²) in [6, 6.07) is -1.44. The van der Waals surface area contributed by atoms with E-state index >= 15 is 0 Å². The van der Waals surface area contributed by atoms with Crippen LogP contribution in [0.3, 0.4) is 0 Å². The Balaban J connectivity index is 2.92. The van der Waals surface area contributed by atoms with E-state index < -0.39 is 36.3 Å². The number of rotatable bonds is 7. The zero-order chi connectivity index (χ0) is 16.2. The van der Waals surface area contributed by atoms with Crippen LogP contribution < -0.4 is 5.32 Å². The van der Waals surface area contributed by atoms with Gasteiger partial charge in [0.25, 0.3) is 5.91 Å². The van der Waals surface area contributed by atoms with E-state index in [1.165, 1.54) is 7.05 Å². The Morgan fingerprint density at radius 3 is 2.38 bits per heavy atom. The minimum absolute atomic E-state index is 0.316. The predicted octanol–water partition coefficient (Wildman–Crippen LogP) is -0.834. The Morgan fingerprint density at radius 2 is 1.90 bits per heavy atom. The van der Waals surface area contributed by atoms with Crippen LogP contribution in [0.4, 0.5) is 0 Å². The second-order valence-electron chi connectivity index (χ2n) is 4.13. The maximum Gasteiger partial charge on any atom is 0.339 e. The van der Waals surface area contributed by atoms with E-state index in [0.29, 0.717) is 0 Å². The molecule has 0 saturated carbocycles. The lowest BCUT2D eigenvalue weighted by atomic mass is 10.1. The molecule has 0 radical (unpaired) electrons. The number of carbonyl (C=O) groups is 4. The van der Waals surface area contributed by atoms with Crippen molar-refractivity contribution in [3.63, 3.8) is 0 Å². The van der Waals surface area contributed by atoms with Crippen LogP contribution in [0.15, 0.2) is 6.20 Å². The van der Waals surface area contributed by atoms with Gasteiger partial charge in [-0.3, -0.25) is 14.3 Å². The number of aryl methyl sites for hydroxylation is 1. The first kappa shape index (κ1) is 16.1. The molecule has 0 unspecified atom stereocenters. The lowest BCUT2D eigenvalue weighted by Gasteiger charge is -2.13. The number of aromatic carboxylic acids is 1. The molecule has 10 nitrogen and oxygen atoms in total. The minimum atomic E-state index is -1.44. The van der Waals surface area contributed by atoms with Gasteiger partial charge in [0, 0.05) is 13.5 Å². The number of hydrogen-bond donors (Lipinski definition) is 4. The van der Waals surface area contributed by atoms with Gasteiger partial charge in [-0.2, -0.15) is 5.10 Å². The van der Waals surface area contributed by atoms with Crippen molar-refractivity contribution in [1.82, 2.24) is 15.1 Å². The molecule has 1 rings (SSSR count). The number of hydrogen-bond acceptors (Lipinski definition) is 5. The Morgan fingerprint density at radius 1 is 1.29 bits per heavy atom. The van der Waals surface area contributed by atoms with Crippen molar-refractivity contribution < 1.29 is 34.5 Å². The highest BCUT2D eigenvalue weighted by Gasteiger charge is 2.26. The van der Waals surface area contributed by atoms with Crippen LogP contribution in [0.25, 0.3) is 0 Å². The van der Waals surface area contributed by atoms with Crippen molar-refractivity contribution in [2.75, 3.05) is 0 Å². The predicted molar refractivity (Wildman–Crippen MR) is 65.9 cm³/mol. The number of carboxylic acids is 3. The molecule has 0 spiro atoms. The Kier molecular flexibility index (Phi) is 5.00. The van der Waals surface area contributed by atoms with Crippen molar-refractivity contribution in [2.45, 2.75) is 18.9 Å². The van der Waals surface area contributed by atoms with Crippen molar-refractivity contribution in [3.8, 4) is 0 Å². The molecule has 0 aliphatic rings. The maximum atomic E-state index is 12.0. The highest BCUT2D eigenvalue weighted by Crippen LogP contribution is 2.09. The van der Waals surface area contributed by atoms with E-state index in [0.717, 1.165) is 10.9 Å². The molecule has 1 aromatic rings. The normalized spacial score (nSPS) is 11.7. The SMILES string of the molecule is Cn1ncc(C(=O)O)c1C(=O)N[C@H](CCC(=O)O)C(=O)O. The van der Waals surface area contributed by atoms with Gasteiger partial charge in [-0.05, 0) is 6.42 Å². The fourth-order valence-corrected chi connectivity index (χ4v) is 1.62. The van der Waals surface area contributed by atoms with Crippen LogP contribution in [0.5, 0.6) is 0 Å². The van der Waals surface area contributed by atoms with E-state index in [-0.39, 0.29) is 17.7 Å². The van der Waals surface area contributed by atoms with Crippen molar-refractivity contribution >= 4 is 23.8 Å². The molecule has 1 amide bonds. The summed E-state index contributed by atoms with van der Waals surface area (Å²) < 4.78 is 0.995. The molecule has 0 fully saturated rings. The second kappa shape index (κ2) is 6.50. The quantitative estimate of drug-likeness (QED) is 0.507. The van der Waals surface area contributed by atoms with Gasteiger partial charge in [0.2, 0.25) is 0 Å². The third-order valence-electron chi connectivity index (χ3n) is 2.63. The second-order valence-corrected chi connectivity index (χ2v) is 4.13. The highest BCUT2D eigenvalue weighted by atomic mass is 16.4. The van der Waals surface area contributed by atoms with Gasteiger partial charge < -0.3 is 20.6 Å². The molecule has 1 atom stereocenters. The van der Waals surface area contributed by atoms with Crippen LogP contribution in [-0.4, -0.2) is 55.0 Å². The Labute approximate surface area is 118 Å². The van der Waals surface area contributed by atoms with Crippen LogP contribution in [0.2, 0.25) is 0 Å². The fourth-order valence-electron chi connectivity index (χ4n) is 1.62.